The molecule has 5 nitrogen and oxygen atoms in total. The zero-order chi connectivity index (χ0) is 17.5. The number of rotatable bonds is 7. The molecule has 0 spiro atoms. The van der Waals surface area contributed by atoms with E-state index in [2.05, 4.69) is 23.2 Å². The fourth-order valence-electron chi connectivity index (χ4n) is 3.03. The van der Waals surface area contributed by atoms with Crippen molar-refractivity contribution in [1.29, 1.82) is 0 Å². The molecule has 24 heavy (non-hydrogen) atoms. The molecule has 0 saturated carbocycles. The number of piperidine rings is 1. The second kappa shape index (κ2) is 9.16. The Morgan fingerprint density at radius 3 is 2.75 bits per heavy atom. The van der Waals surface area contributed by atoms with Gasteiger partial charge in [-0.1, -0.05) is 12.1 Å². The van der Waals surface area contributed by atoms with Crippen molar-refractivity contribution in [1.82, 2.24) is 4.90 Å². The Morgan fingerprint density at radius 1 is 1.38 bits per heavy atom. The van der Waals surface area contributed by atoms with Gasteiger partial charge >= 0.3 is 0 Å². The highest BCUT2D eigenvalue weighted by atomic mass is 16.5. The predicted octanol–water partition coefficient (Wildman–Crippen LogP) is 2.49. The van der Waals surface area contributed by atoms with Crippen LogP contribution in [0.2, 0.25) is 0 Å². The standard InChI is InChI=1S/C19H30N2O3/c1-14-6-4-7-18(15(14)2)20-19(23)16(3)21-10-8-17(9-11-21)24-13-5-12-22/h4,6-7,16-17,22H,5,8-13H2,1-3H3,(H,20,23). The summed E-state index contributed by atoms with van der Waals surface area (Å²) in [5.41, 5.74) is 3.20. The van der Waals surface area contributed by atoms with Gasteiger partial charge in [0.2, 0.25) is 5.91 Å². The third kappa shape index (κ3) is 5.03. The number of nitrogens with one attached hydrogen (secondary N) is 1. The van der Waals surface area contributed by atoms with Gasteiger partial charge in [-0.2, -0.15) is 0 Å². The van der Waals surface area contributed by atoms with Crippen molar-refractivity contribution < 1.29 is 14.6 Å². The van der Waals surface area contributed by atoms with Crippen LogP contribution >= 0.6 is 0 Å². The number of carbonyl (C=O) groups is 1. The Balaban J connectivity index is 1.83. The second-order valence-corrected chi connectivity index (χ2v) is 6.60. The Morgan fingerprint density at radius 2 is 2.08 bits per heavy atom. The van der Waals surface area contributed by atoms with Crippen molar-refractivity contribution in [3.05, 3.63) is 29.3 Å². The SMILES string of the molecule is Cc1cccc(NC(=O)C(C)N2CCC(OCCCO)CC2)c1C. The topological polar surface area (TPSA) is 61.8 Å². The molecular weight excluding hydrogens is 304 g/mol. The number of aliphatic hydroxyl groups is 1. The fourth-order valence-corrected chi connectivity index (χ4v) is 3.03. The Hall–Kier alpha value is -1.43. The molecule has 5 heteroatoms. The molecule has 1 atom stereocenters. The number of aliphatic hydroxyl groups excluding tert-OH is 1. The summed E-state index contributed by atoms with van der Waals surface area (Å²) in [6, 6.07) is 5.82. The van der Waals surface area contributed by atoms with Crippen LogP contribution in [0, 0.1) is 13.8 Å². The Labute approximate surface area is 145 Å². The summed E-state index contributed by atoms with van der Waals surface area (Å²) >= 11 is 0. The first kappa shape index (κ1) is 18.9. The maximum absolute atomic E-state index is 12.6. The van der Waals surface area contributed by atoms with Crippen molar-refractivity contribution in [3.63, 3.8) is 0 Å². The molecule has 1 amide bonds. The molecule has 1 unspecified atom stereocenters. The molecule has 0 bridgehead atoms. The lowest BCUT2D eigenvalue weighted by atomic mass is 10.0. The molecule has 134 valence electrons. The van der Waals surface area contributed by atoms with Crippen LogP contribution in [0.1, 0.15) is 37.3 Å². The van der Waals surface area contributed by atoms with Crippen molar-refractivity contribution in [2.75, 3.05) is 31.6 Å². The zero-order valence-corrected chi connectivity index (χ0v) is 15.0. The van der Waals surface area contributed by atoms with E-state index in [4.69, 9.17) is 9.84 Å². The Kier molecular flexibility index (Phi) is 7.21. The average Bonchev–Trinajstić information content (AvgIpc) is 2.59. The molecule has 1 saturated heterocycles. The molecule has 1 aliphatic rings. The Bertz CT molecular complexity index is 539. The summed E-state index contributed by atoms with van der Waals surface area (Å²) in [6.45, 7) is 8.57. The highest BCUT2D eigenvalue weighted by Crippen LogP contribution is 2.20. The number of hydrogen-bond acceptors (Lipinski definition) is 4. The number of ether oxygens (including phenoxy) is 1. The lowest BCUT2D eigenvalue weighted by molar-refractivity contribution is -0.121. The fraction of sp³-hybridized carbons (Fsp3) is 0.632. The highest BCUT2D eigenvalue weighted by molar-refractivity contribution is 5.95. The molecular formula is C19H30N2O3. The molecule has 2 N–H and O–H groups in total. The third-order valence-electron chi connectivity index (χ3n) is 4.92. The van der Waals surface area contributed by atoms with Crippen molar-refractivity contribution >= 4 is 11.6 Å². The molecule has 1 aromatic rings. The van der Waals surface area contributed by atoms with Gasteiger partial charge in [-0.3, -0.25) is 9.69 Å². The van der Waals surface area contributed by atoms with Crippen molar-refractivity contribution in [2.45, 2.75) is 52.2 Å². The summed E-state index contributed by atoms with van der Waals surface area (Å²) < 4.78 is 5.75. The van der Waals surface area contributed by atoms with E-state index in [1.807, 2.05) is 26.0 Å². The third-order valence-corrected chi connectivity index (χ3v) is 4.92. The van der Waals surface area contributed by atoms with Gasteiger partial charge in [0.05, 0.1) is 12.1 Å². The van der Waals surface area contributed by atoms with Crippen LogP contribution in [0.15, 0.2) is 18.2 Å². The van der Waals surface area contributed by atoms with Gasteiger partial charge in [-0.25, -0.2) is 0 Å². The van der Waals surface area contributed by atoms with E-state index in [-0.39, 0.29) is 24.7 Å². The normalized spacial score (nSPS) is 17.7. The van der Waals surface area contributed by atoms with E-state index >= 15 is 0 Å². The van der Waals surface area contributed by atoms with Crippen LogP contribution in [0.4, 0.5) is 5.69 Å². The van der Waals surface area contributed by atoms with E-state index in [9.17, 15) is 4.79 Å². The highest BCUT2D eigenvalue weighted by Gasteiger charge is 2.27. The number of benzene rings is 1. The summed E-state index contributed by atoms with van der Waals surface area (Å²) in [4.78, 5) is 14.8. The molecule has 1 aromatic carbocycles. The number of nitrogens with zero attached hydrogens (tertiary/aromatic N) is 1. The molecule has 0 radical (unpaired) electrons. The molecule has 1 aliphatic heterocycles. The van der Waals surface area contributed by atoms with E-state index in [0.717, 1.165) is 37.2 Å². The smallest absolute Gasteiger partial charge is 0.241 e. The first-order valence-electron chi connectivity index (χ1n) is 8.86. The zero-order valence-electron chi connectivity index (χ0n) is 15.0. The predicted molar refractivity (Wildman–Crippen MR) is 96.3 cm³/mol. The maximum atomic E-state index is 12.6. The van der Waals surface area contributed by atoms with Crippen LogP contribution in [0.3, 0.4) is 0 Å². The summed E-state index contributed by atoms with van der Waals surface area (Å²) in [7, 11) is 0. The van der Waals surface area contributed by atoms with Crippen molar-refractivity contribution in [2.24, 2.45) is 0 Å². The summed E-state index contributed by atoms with van der Waals surface area (Å²) in [5.74, 6) is 0.0448. The monoisotopic (exact) mass is 334 g/mol. The largest absolute Gasteiger partial charge is 0.396 e. The van der Waals surface area contributed by atoms with Crippen LogP contribution in [0.5, 0.6) is 0 Å². The number of carbonyl (C=O) groups excluding carboxylic acids is 1. The van der Waals surface area contributed by atoms with E-state index in [1.54, 1.807) is 0 Å². The van der Waals surface area contributed by atoms with Gasteiger partial charge in [0.25, 0.3) is 0 Å². The quantitative estimate of drug-likeness (QED) is 0.752. The van der Waals surface area contributed by atoms with Crippen molar-refractivity contribution in [3.8, 4) is 0 Å². The molecule has 1 heterocycles. The summed E-state index contributed by atoms with van der Waals surface area (Å²) in [5, 5.41) is 11.9. The van der Waals surface area contributed by atoms with Gasteiger partial charge in [-0.15, -0.1) is 0 Å². The first-order valence-corrected chi connectivity index (χ1v) is 8.86. The average molecular weight is 334 g/mol. The van der Waals surface area contributed by atoms with Crippen LogP contribution in [0.25, 0.3) is 0 Å². The first-order chi connectivity index (χ1) is 11.5. The lowest BCUT2D eigenvalue weighted by Gasteiger charge is -2.35. The number of amides is 1. The number of anilines is 1. The molecule has 1 fully saturated rings. The van der Waals surface area contributed by atoms with Gasteiger partial charge in [-0.05, 0) is 57.2 Å². The summed E-state index contributed by atoms with van der Waals surface area (Å²) in [6.07, 6.45) is 2.82. The van der Waals surface area contributed by atoms with E-state index in [0.29, 0.717) is 13.0 Å². The van der Waals surface area contributed by atoms with Crippen LogP contribution in [-0.2, 0) is 9.53 Å². The number of hydrogen-bond donors (Lipinski definition) is 2. The van der Waals surface area contributed by atoms with Crippen LogP contribution < -0.4 is 5.32 Å². The van der Waals surface area contributed by atoms with Gasteiger partial charge in [0, 0.05) is 32.0 Å². The molecule has 2 rings (SSSR count). The number of likely N-dealkylation sites (tertiary alicyclic amines) is 1. The minimum Gasteiger partial charge on any atom is -0.396 e. The number of aryl methyl sites for hydroxylation is 1. The van der Waals surface area contributed by atoms with Gasteiger partial charge in [0.15, 0.2) is 0 Å². The van der Waals surface area contributed by atoms with E-state index < -0.39 is 0 Å². The van der Waals surface area contributed by atoms with Gasteiger partial charge in [0.1, 0.15) is 0 Å². The molecule has 0 aliphatic carbocycles. The van der Waals surface area contributed by atoms with Crippen LogP contribution in [-0.4, -0.2) is 54.4 Å². The minimum atomic E-state index is -0.150. The molecule has 0 aromatic heterocycles. The maximum Gasteiger partial charge on any atom is 0.241 e. The van der Waals surface area contributed by atoms with E-state index in [1.165, 1.54) is 5.56 Å². The lowest BCUT2D eigenvalue weighted by Crippen LogP contribution is -2.47. The second-order valence-electron chi connectivity index (χ2n) is 6.60. The minimum absolute atomic E-state index is 0.0448. The van der Waals surface area contributed by atoms with Gasteiger partial charge < -0.3 is 15.2 Å².